The molecule has 132 valence electrons. The van der Waals surface area contributed by atoms with Crippen molar-refractivity contribution < 1.29 is 0 Å². The maximum Gasteiger partial charge on any atom is 0.0446 e. The zero-order chi connectivity index (χ0) is 18.5. The summed E-state index contributed by atoms with van der Waals surface area (Å²) in [5.41, 5.74) is 7.93. The third kappa shape index (κ3) is 2.52. The van der Waals surface area contributed by atoms with E-state index in [0.29, 0.717) is 0 Å². The molecule has 1 aliphatic heterocycles. The summed E-state index contributed by atoms with van der Waals surface area (Å²) in [6, 6.07) is 24.2. The number of anilines is 1. The summed E-state index contributed by atoms with van der Waals surface area (Å²) in [5, 5.41) is 2.59. The summed E-state index contributed by atoms with van der Waals surface area (Å²) in [7, 11) is 2.17. The Labute approximate surface area is 163 Å². The SMILES string of the molecule is C=c1sc2ccccc2/c1=C(/C)c1ccc2c(c1)-c1ccccc1CN2C. The van der Waals surface area contributed by atoms with Crippen LogP contribution in [0.25, 0.3) is 33.4 Å². The molecule has 2 heteroatoms. The van der Waals surface area contributed by atoms with Crippen LogP contribution < -0.4 is 14.7 Å². The second-order valence-corrected chi connectivity index (χ2v) is 8.40. The fourth-order valence-electron chi connectivity index (χ4n) is 4.23. The normalized spacial score (nSPS) is 14.1. The number of benzene rings is 3. The molecule has 0 unspecified atom stereocenters. The first-order valence-corrected chi connectivity index (χ1v) is 10.1. The average Bonchev–Trinajstić information content (AvgIpc) is 3.03. The first-order valence-electron chi connectivity index (χ1n) is 9.25. The Kier molecular flexibility index (Phi) is 3.70. The van der Waals surface area contributed by atoms with Crippen molar-refractivity contribution >= 4 is 39.3 Å². The highest BCUT2D eigenvalue weighted by molar-refractivity contribution is 7.17. The molecule has 0 amide bonds. The van der Waals surface area contributed by atoms with Gasteiger partial charge in [0.05, 0.1) is 0 Å². The number of hydrogen-bond donors (Lipinski definition) is 0. The fraction of sp³-hybridized carbons (Fsp3) is 0.120. The van der Waals surface area contributed by atoms with Crippen molar-refractivity contribution in [3.05, 3.63) is 87.6 Å². The molecule has 1 nitrogen and oxygen atoms in total. The highest BCUT2D eigenvalue weighted by Crippen LogP contribution is 2.39. The van der Waals surface area contributed by atoms with E-state index in [1.54, 1.807) is 11.3 Å². The van der Waals surface area contributed by atoms with Gasteiger partial charge in [0, 0.05) is 44.7 Å². The lowest BCUT2D eigenvalue weighted by molar-refractivity contribution is 0.910. The molecule has 5 rings (SSSR count). The Morgan fingerprint density at radius 3 is 2.63 bits per heavy atom. The Bertz CT molecular complexity index is 1300. The van der Waals surface area contributed by atoms with E-state index < -0.39 is 0 Å². The van der Waals surface area contributed by atoms with Gasteiger partial charge >= 0.3 is 0 Å². The highest BCUT2D eigenvalue weighted by Gasteiger charge is 2.19. The molecule has 2 heterocycles. The van der Waals surface area contributed by atoms with Gasteiger partial charge in [0.2, 0.25) is 0 Å². The van der Waals surface area contributed by atoms with E-state index in [2.05, 4.69) is 92.2 Å². The minimum atomic E-state index is 0.962. The van der Waals surface area contributed by atoms with Crippen LogP contribution >= 0.6 is 11.3 Å². The van der Waals surface area contributed by atoms with Gasteiger partial charge in [-0.15, -0.1) is 11.3 Å². The smallest absolute Gasteiger partial charge is 0.0446 e. The van der Waals surface area contributed by atoms with Crippen LogP contribution in [-0.2, 0) is 6.54 Å². The molecule has 0 atom stereocenters. The first kappa shape index (κ1) is 16.3. The van der Waals surface area contributed by atoms with Crippen LogP contribution in [-0.4, -0.2) is 7.05 Å². The Balaban J connectivity index is 1.79. The molecule has 0 saturated heterocycles. The molecule has 0 fully saturated rings. The van der Waals surface area contributed by atoms with Crippen LogP contribution in [0, 0.1) is 0 Å². The molecule has 0 saturated carbocycles. The van der Waals surface area contributed by atoms with Crippen molar-refractivity contribution in [3.8, 4) is 11.1 Å². The largest absolute Gasteiger partial charge is 0.370 e. The summed E-state index contributed by atoms with van der Waals surface area (Å²) in [6.07, 6.45) is 0. The summed E-state index contributed by atoms with van der Waals surface area (Å²) in [6.45, 7) is 7.52. The molecule has 4 aromatic rings. The molecule has 0 bridgehead atoms. The molecule has 1 aliphatic rings. The Morgan fingerprint density at radius 2 is 1.74 bits per heavy atom. The summed E-state index contributed by atoms with van der Waals surface area (Å²) in [4.78, 5) is 2.34. The van der Waals surface area contributed by atoms with Gasteiger partial charge in [-0.2, -0.15) is 0 Å². The van der Waals surface area contributed by atoms with E-state index in [1.807, 2.05) is 0 Å². The highest BCUT2D eigenvalue weighted by atomic mass is 32.1. The van der Waals surface area contributed by atoms with Crippen molar-refractivity contribution in [3.63, 3.8) is 0 Å². The summed E-state index contributed by atoms with van der Waals surface area (Å²) in [5.74, 6) is 0. The third-order valence-electron chi connectivity index (χ3n) is 5.60. The van der Waals surface area contributed by atoms with Gasteiger partial charge in [-0.25, -0.2) is 0 Å². The van der Waals surface area contributed by atoms with E-state index in [1.165, 1.54) is 48.8 Å². The summed E-state index contributed by atoms with van der Waals surface area (Å²) < 4.78 is 2.45. The van der Waals surface area contributed by atoms with Gasteiger partial charge in [-0.05, 0) is 47.4 Å². The molecule has 3 aromatic carbocycles. The minimum absolute atomic E-state index is 0.962. The van der Waals surface area contributed by atoms with Crippen molar-refractivity contribution in [1.29, 1.82) is 0 Å². The monoisotopic (exact) mass is 367 g/mol. The zero-order valence-electron chi connectivity index (χ0n) is 15.6. The lowest BCUT2D eigenvalue weighted by Crippen LogP contribution is -2.22. The van der Waals surface area contributed by atoms with Crippen molar-refractivity contribution in [2.75, 3.05) is 11.9 Å². The van der Waals surface area contributed by atoms with E-state index in [-0.39, 0.29) is 0 Å². The summed E-state index contributed by atoms with van der Waals surface area (Å²) >= 11 is 1.78. The number of nitrogens with zero attached hydrogens (tertiary/aromatic N) is 1. The molecular formula is C25H21NS. The molecule has 0 aliphatic carbocycles. The fourth-order valence-corrected chi connectivity index (χ4v) is 5.29. The lowest BCUT2D eigenvalue weighted by Gasteiger charge is -2.30. The lowest BCUT2D eigenvalue weighted by atomic mass is 9.90. The number of fused-ring (bicyclic) bond motifs is 4. The van der Waals surface area contributed by atoms with E-state index in [9.17, 15) is 0 Å². The predicted octanol–water partition coefficient (Wildman–Crippen LogP) is 5.15. The van der Waals surface area contributed by atoms with Crippen LogP contribution in [0.15, 0.2) is 66.7 Å². The number of hydrogen-bond acceptors (Lipinski definition) is 2. The average molecular weight is 368 g/mol. The van der Waals surface area contributed by atoms with Crippen molar-refractivity contribution in [1.82, 2.24) is 0 Å². The second-order valence-electron chi connectivity index (χ2n) is 7.27. The number of thiophene rings is 1. The maximum atomic E-state index is 4.33. The molecule has 1 aromatic heterocycles. The predicted molar refractivity (Wildman–Crippen MR) is 119 cm³/mol. The van der Waals surface area contributed by atoms with Gasteiger partial charge in [0.1, 0.15) is 0 Å². The molecule has 0 radical (unpaired) electrons. The Morgan fingerprint density at radius 1 is 0.963 bits per heavy atom. The van der Waals surface area contributed by atoms with Crippen LogP contribution in [0.4, 0.5) is 5.69 Å². The minimum Gasteiger partial charge on any atom is -0.370 e. The topological polar surface area (TPSA) is 3.24 Å². The maximum absolute atomic E-state index is 4.33. The van der Waals surface area contributed by atoms with Crippen LogP contribution in [0.5, 0.6) is 0 Å². The second kappa shape index (κ2) is 6.11. The zero-order valence-corrected chi connectivity index (χ0v) is 16.4. The first-order chi connectivity index (χ1) is 13.1. The quantitative estimate of drug-likeness (QED) is 0.450. The molecule has 0 spiro atoms. The number of rotatable bonds is 1. The van der Waals surface area contributed by atoms with Gasteiger partial charge in [0.25, 0.3) is 0 Å². The molecular weight excluding hydrogens is 346 g/mol. The van der Waals surface area contributed by atoms with Gasteiger partial charge in [-0.3, -0.25) is 0 Å². The third-order valence-corrected chi connectivity index (χ3v) is 6.63. The van der Waals surface area contributed by atoms with Crippen molar-refractivity contribution in [2.45, 2.75) is 13.5 Å². The van der Waals surface area contributed by atoms with E-state index in [4.69, 9.17) is 0 Å². The molecule has 27 heavy (non-hydrogen) atoms. The van der Waals surface area contributed by atoms with Crippen molar-refractivity contribution in [2.24, 2.45) is 0 Å². The molecule has 0 N–H and O–H groups in total. The Hall–Kier alpha value is -2.84. The van der Waals surface area contributed by atoms with Gasteiger partial charge in [0.15, 0.2) is 0 Å². The van der Waals surface area contributed by atoms with Crippen LogP contribution in [0.1, 0.15) is 18.1 Å². The van der Waals surface area contributed by atoms with E-state index in [0.717, 1.165) is 11.1 Å². The standard InChI is InChI=1S/C25H21NS/c1-16(25-17(2)27-24-11-7-6-10-21(24)25)18-12-13-23-22(14-18)20-9-5-4-8-19(20)15-26(23)3/h4-14H,2,15H2,1,3H3/b25-16-. The van der Waals surface area contributed by atoms with Crippen LogP contribution in [0.2, 0.25) is 0 Å². The van der Waals surface area contributed by atoms with Gasteiger partial charge in [-0.1, -0.05) is 55.1 Å². The van der Waals surface area contributed by atoms with E-state index >= 15 is 0 Å². The van der Waals surface area contributed by atoms with Gasteiger partial charge < -0.3 is 4.90 Å². The van der Waals surface area contributed by atoms with Crippen LogP contribution in [0.3, 0.4) is 0 Å².